The van der Waals surface area contributed by atoms with E-state index in [9.17, 15) is 4.57 Å². The second-order valence-electron chi connectivity index (χ2n) is 2.47. The Morgan fingerprint density at radius 1 is 1.46 bits per heavy atom. The highest BCUT2D eigenvalue weighted by atomic mass is 31.2. The summed E-state index contributed by atoms with van der Waals surface area (Å²) in [6, 6.07) is 4.16. The fourth-order valence-electron chi connectivity index (χ4n) is 0.903. The Morgan fingerprint density at radius 2 is 2.08 bits per heavy atom. The summed E-state index contributed by atoms with van der Waals surface area (Å²) in [4.78, 5) is 17.7. The van der Waals surface area contributed by atoms with E-state index in [0.29, 0.717) is 5.75 Å². The molecular formula is C7H10NO4P. The Hall–Kier alpha value is -1.03. The molecule has 0 saturated carbocycles. The predicted molar refractivity (Wildman–Crippen MR) is 49.1 cm³/mol. The summed E-state index contributed by atoms with van der Waals surface area (Å²) in [5.74, 6) is 0.368. The molecule has 5 nitrogen and oxygen atoms in total. The van der Waals surface area contributed by atoms with Crippen LogP contribution in [-0.2, 0) is 4.57 Å². The molecule has 0 aliphatic rings. The van der Waals surface area contributed by atoms with Gasteiger partial charge in [0.25, 0.3) is 0 Å². The van der Waals surface area contributed by atoms with Crippen molar-refractivity contribution in [2.75, 3.05) is 12.8 Å². The van der Waals surface area contributed by atoms with E-state index < -0.39 is 7.60 Å². The summed E-state index contributed by atoms with van der Waals surface area (Å²) in [5.41, 5.74) is 5.45. The topological polar surface area (TPSA) is 92.8 Å². The predicted octanol–water partition coefficient (Wildman–Crippen LogP) is 0.0804. The highest BCUT2D eigenvalue weighted by molar-refractivity contribution is 7.60. The minimum absolute atomic E-state index is 0.0640. The van der Waals surface area contributed by atoms with Gasteiger partial charge in [-0.2, -0.15) is 0 Å². The molecule has 0 heterocycles. The van der Waals surface area contributed by atoms with Gasteiger partial charge in [-0.05, 0) is 18.2 Å². The van der Waals surface area contributed by atoms with Gasteiger partial charge in [-0.25, -0.2) is 0 Å². The molecule has 0 bridgehead atoms. The van der Waals surface area contributed by atoms with E-state index in [1.165, 1.54) is 25.3 Å². The number of benzene rings is 1. The molecule has 0 saturated heterocycles. The maximum Gasteiger partial charge on any atom is 0.358 e. The van der Waals surface area contributed by atoms with Gasteiger partial charge in [0, 0.05) is 5.69 Å². The number of nitrogen functional groups attached to an aromatic ring is 1. The first kappa shape index (κ1) is 10.1. The zero-order chi connectivity index (χ0) is 10.1. The smallest absolute Gasteiger partial charge is 0.358 e. The number of hydrogen-bond donors (Lipinski definition) is 3. The van der Waals surface area contributed by atoms with Crippen molar-refractivity contribution in [1.82, 2.24) is 0 Å². The van der Waals surface area contributed by atoms with Gasteiger partial charge >= 0.3 is 7.60 Å². The van der Waals surface area contributed by atoms with Gasteiger partial charge in [-0.3, -0.25) is 4.57 Å². The number of ether oxygens (including phenoxy) is 1. The molecule has 1 rings (SSSR count). The van der Waals surface area contributed by atoms with Crippen molar-refractivity contribution in [3.63, 3.8) is 0 Å². The van der Waals surface area contributed by atoms with Gasteiger partial charge in [0.2, 0.25) is 0 Å². The lowest BCUT2D eigenvalue weighted by Crippen LogP contribution is -2.10. The van der Waals surface area contributed by atoms with Gasteiger partial charge in [0.15, 0.2) is 0 Å². The van der Waals surface area contributed by atoms with E-state index in [4.69, 9.17) is 20.3 Å². The van der Waals surface area contributed by atoms with Gasteiger partial charge in [0.05, 0.1) is 12.4 Å². The minimum Gasteiger partial charge on any atom is -0.497 e. The summed E-state index contributed by atoms with van der Waals surface area (Å²) in [7, 11) is -2.89. The van der Waals surface area contributed by atoms with E-state index in [2.05, 4.69) is 0 Å². The molecule has 1 aromatic rings. The Labute approximate surface area is 75.3 Å². The van der Waals surface area contributed by atoms with E-state index >= 15 is 0 Å². The molecule has 0 radical (unpaired) electrons. The molecule has 4 N–H and O–H groups in total. The third-order valence-electron chi connectivity index (χ3n) is 1.55. The van der Waals surface area contributed by atoms with Crippen LogP contribution in [0, 0.1) is 0 Å². The Balaban J connectivity index is 3.27. The average molecular weight is 203 g/mol. The van der Waals surface area contributed by atoms with Gasteiger partial charge in [0.1, 0.15) is 5.75 Å². The molecule has 0 unspecified atom stereocenters. The third kappa shape index (κ3) is 2.21. The number of nitrogens with two attached hydrogens (primary N) is 1. The summed E-state index contributed by atoms with van der Waals surface area (Å²) in [6.45, 7) is 0. The van der Waals surface area contributed by atoms with E-state index in [1.807, 2.05) is 0 Å². The maximum atomic E-state index is 10.9. The molecule has 0 aliphatic carbocycles. The van der Waals surface area contributed by atoms with Gasteiger partial charge in [-0.1, -0.05) is 0 Å². The normalized spacial score (nSPS) is 11.3. The van der Waals surface area contributed by atoms with Crippen molar-refractivity contribution in [3.8, 4) is 5.75 Å². The van der Waals surface area contributed by atoms with Crippen LogP contribution in [0.4, 0.5) is 5.69 Å². The zero-order valence-electron chi connectivity index (χ0n) is 6.97. The van der Waals surface area contributed by atoms with Gasteiger partial charge < -0.3 is 20.3 Å². The molecule has 0 aromatic heterocycles. The molecule has 0 spiro atoms. The van der Waals surface area contributed by atoms with Crippen LogP contribution in [0.25, 0.3) is 0 Å². The lowest BCUT2D eigenvalue weighted by atomic mass is 10.3. The molecule has 6 heteroatoms. The Bertz CT molecular complexity index is 360. The summed E-state index contributed by atoms with van der Waals surface area (Å²) in [5, 5.41) is -0.202. The van der Waals surface area contributed by atoms with Crippen LogP contribution in [0.5, 0.6) is 5.75 Å². The van der Waals surface area contributed by atoms with Crippen molar-refractivity contribution < 1.29 is 19.1 Å². The van der Waals surface area contributed by atoms with E-state index in [-0.39, 0.29) is 11.0 Å². The molecule has 0 amide bonds. The highest BCUT2D eigenvalue weighted by Gasteiger charge is 2.20. The van der Waals surface area contributed by atoms with Crippen LogP contribution in [0.15, 0.2) is 18.2 Å². The first-order valence-electron chi connectivity index (χ1n) is 3.45. The molecular weight excluding hydrogens is 193 g/mol. The van der Waals surface area contributed by atoms with Crippen molar-refractivity contribution >= 4 is 18.6 Å². The molecule has 0 aliphatic heterocycles. The highest BCUT2D eigenvalue weighted by Crippen LogP contribution is 2.36. The van der Waals surface area contributed by atoms with E-state index in [1.54, 1.807) is 0 Å². The van der Waals surface area contributed by atoms with Crippen LogP contribution >= 0.6 is 7.60 Å². The summed E-state index contributed by atoms with van der Waals surface area (Å²) < 4.78 is 15.7. The summed E-state index contributed by atoms with van der Waals surface area (Å²) in [6.07, 6.45) is 0. The summed E-state index contributed by atoms with van der Waals surface area (Å²) >= 11 is 0. The molecule has 0 fully saturated rings. The molecule has 13 heavy (non-hydrogen) atoms. The Morgan fingerprint density at radius 3 is 2.54 bits per heavy atom. The van der Waals surface area contributed by atoms with E-state index in [0.717, 1.165) is 0 Å². The van der Waals surface area contributed by atoms with Crippen LogP contribution in [-0.4, -0.2) is 16.9 Å². The zero-order valence-corrected chi connectivity index (χ0v) is 7.86. The second-order valence-corrected chi connectivity index (χ2v) is 4.04. The molecule has 0 atom stereocenters. The third-order valence-corrected chi connectivity index (χ3v) is 2.57. The van der Waals surface area contributed by atoms with Crippen LogP contribution < -0.4 is 15.8 Å². The van der Waals surface area contributed by atoms with Crippen molar-refractivity contribution in [2.45, 2.75) is 0 Å². The van der Waals surface area contributed by atoms with Crippen molar-refractivity contribution in [2.24, 2.45) is 0 Å². The standard InChI is InChI=1S/C7H10NO4P/c1-12-5-2-3-6(8)7(4-5)13(9,10)11/h2-4H,8H2,1H3,(H2,9,10,11). The van der Waals surface area contributed by atoms with Crippen LogP contribution in [0.1, 0.15) is 0 Å². The largest absolute Gasteiger partial charge is 0.497 e. The molecule has 72 valence electrons. The minimum atomic E-state index is -4.30. The Kier molecular flexibility index (Phi) is 2.61. The maximum absolute atomic E-state index is 10.9. The number of rotatable bonds is 2. The number of methoxy groups -OCH3 is 1. The SMILES string of the molecule is COc1ccc(N)c(P(=O)(O)O)c1. The van der Waals surface area contributed by atoms with Crippen LogP contribution in [0.3, 0.4) is 0 Å². The van der Waals surface area contributed by atoms with Crippen molar-refractivity contribution in [3.05, 3.63) is 18.2 Å². The fraction of sp³-hybridized carbons (Fsp3) is 0.143. The number of hydrogen-bond acceptors (Lipinski definition) is 3. The monoisotopic (exact) mass is 203 g/mol. The average Bonchev–Trinajstić information content (AvgIpc) is 2.03. The first-order valence-corrected chi connectivity index (χ1v) is 5.06. The lowest BCUT2D eigenvalue weighted by Gasteiger charge is -2.08. The second kappa shape index (κ2) is 3.38. The van der Waals surface area contributed by atoms with Crippen LogP contribution in [0.2, 0.25) is 0 Å². The van der Waals surface area contributed by atoms with Crippen molar-refractivity contribution in [1.29, 1.82) is 0 Å². The van der Waals surface area contributed by atoms with Gasteiger partial charge in [-0.15, -0.1) is 0 Å². The number of anilines is 1. The quantitative estimate of drug-likeness (QED) is 0.467. The lowest BCUT2D eigenvalue weighted by molar-refractivity contribution is 0.386. The fourth-order valence-corrected chi connectivity index (χ4v) is 1.61. The first-order chi connectivity index (χ1) is 5.95. The molecule has 1 aromatic carbocycles.